The summed E-state index contributed by atoms with van der Waals surface area (Å²) in [5, 5.41) is 2.44. The molecule has 1 heterocycles. The molecule has 1 unspecified atom stereocenters. The van der Waals surface area contributed by atoms with Gasteiger partial charge in [-0.1, -0.05) is 34.1 Å². The van der Waals surface area contributed by atoms with Crippen LogP contribution in [0, 0.1) is 0 Å². The minimum Gasteiger partial charge on any atom is -0.271 e. The lowest BCUT2D eigenvalue weighted by Gasteiger charge is -2.16. The second-order valence-electron chi connectivity index (χ2n) is 4.64. The zero-order valence-electron chi connectivity index (χ0n) is 10.7. The SMILES string of the molecule is NNC(Cc1cncs1)c1ccc2cc(Br)ccc2c1. The van der Waals surface area contributed by atoms with Gasteiger partial charge in [0.1, 0.15) is 0 Å². The summed E-state index contributed by atoms with van der Waals surface area (Å²) in [4.78, 5) is 5.33. The smallest absolute Gasteiger partial charge is 0.0794 e. The van der Waals surface area contributed by atoms with E-state index < -0.39 is 0 Å². The van der Waals surface area contributed by atoms with E-state index in [0.717, 1.165) is 10.9 Å². The van der Waals surface area contributed by atoms with E-state index in [9.17, 15) is 0 Å². The van der Waals surface area contributed by atoms with Gasteiger partial charge in [-0.25, -0.2) is 0 Å². The van der Waals surface area contributed by atoms with Gasteiger partial charge in [-0.2, -0.15) is 0 Å². The first-order chi connectivity index (χ1) is 9.76. The van der Waals surface area contributed by atoms with Crippen molar-refractivity contribution in [2.24, 2.45) is 5.84 Å². The van der Waals surface area contributed by atoms with Gasteiger partial charge in [0.15, 0.2) is 0 Å². The van der Waals surface area contributed by atoms with Crippen LogP contribution in [0.3, 0.4) is 0 Å². The number of nitrogens with two attached hydrogens (primary N) is 1. The van der Waals surface area contributed by atoms with Gasteiger partial charge in [0.25, 0.3) is 0 Å². The maximum absolute atomic E-state index is 5.72. The Bertz CT molecular complexity index is 712. The average Bonchev–Trinajstić information content (AvgIpc) is 2.97. The molecule has 3 rings (SSSR count). The Morgan fingerprint density at radius 1 is 1.20 bits per heavy atom. The molecule has 2 aromatic carbocycles. The van der Waals surface area contributed by atoms with Crippen LogP contribution in [0.15, 0.2) is 52.6 Å². The summed E-state index contributed by atoms with van der Waals surface area (Å²) in [6, 6.07) is 12.8. The molecule has 1 aromatic heterocycles. The Kier molecular flexibility index (Phi) is 4.12. The predicted octanol–water partition coefficient (Wildman–Crippen LogP) is 3.81. The molecule has 1 atom stereocenters. The monoisotopic (exact) mass is 347 g/mol. The number of hydrogen-bond donors (Lipinski definition) is 2. The second-order valence-corrected chi connectivity index (χ2v) is 6.53. The summed E-state index contributed by atoms with van der Waals surface area (Å²) in [7, 11) is 0. The highest BCUT2D eigenvalue weighted by molar-refractivity contribution is 9.10. The van der Waals surface area contributed by atoms with Crippen LogP contribution < -0.4 is 11.3 Å². The lowest BCUT2D eigenvalue weighted by molar-refractivity contribution is 0.556. The molecule has 102 valence electrons. The van der Waals surface area contributed by atoms with Crippen molar-refractivity contribution in [2.45, 2.75) is 12.5 Å². The highest BCUT2D eigenvalue weighted by Gasteiger charge is 2.12. The van der Waals surface area contributed by atoms with E-state index in [-0.39, 0.29) is 6.04 Å². The van der Waals surface area contributed by atoms with Crippen LogP contribution in [-0.2, 0) is 6.42 Å². The van der Waals surface area contributed by atoms with Gasteiger partial charge in [-0.3, -0.25) is 16.3 Å². The molecule has 0 amide bonds. The molecule has 0 fully saturated rings. The highest BCUT2D eigenvalue weighted by atomic mass is 79.9. The first-order valence-electron chi connectivity index (χ1n) is 6.29. The summed E-state index contributed by atoms with van der Waals surface area (Å²) in [6.45, 7) is 0. The van der Waals surface area contributed by atoms with Crippen LogP contribution in [0.5, 0.6) is 0 Å². The third-order valence-corrected chi connectivity index (χ3v) is 4.61. The molecular formula is C15H14BrN3S. The lowest BCUT2D eigenvalue weighted by atomic mass is 10.00. The number of hydrogen-bond acceptors (Lipinski definition) is 4. The molecule has 0 radical (unpaired) electrons. The van der Waals surface area contributed by atoms with Gasteiger partial charge in [0.2, 0.25) is 0 Å². The van der Waals surface area contributed by atoms with E-state index in [4.69, 9.17) is 5.84 Å². The van der Waals surface area contributed by atoms with Gasteiger partial charge >= 0.3 is 0 Å². The summed E-state index contributed by atoms with van der Waals surface area (Å²) >= 11 is 5.15. The molecule has 0 aliphatic rings. The minimum atomic E-state index is 0.100. The molecule has 5 heteroatoms. The Labute approximate surface area is 129 Å². The Morgan fingerprint density at radius 2 is 2.00 bits per heavy atom. The molecule has 0 saturated heterocycles. The predicted molar refractivity (Wildman–Crippen MR) is 87.5 cm³/mol. The molecule has 0 saturated carbocycles. The topological polar surface area (TPSA) is 50.9 Å². The summed E-state index contributed by atoms with van der Waals surface area (Å²) < 4.78 is 1.09. The fourth-order valence-corrected chi connectivity index (χ4v) is 3.29. The molecule has 0 spiro atoms. The van der Waals surface area contributed by atoms with Crippen LogP contribution in [0.1, 0.15) is 16.5 Å². The molecule has 20 heavy (non-hydrogen) atoms. The van der Waals surface area contributed by atoms with Crippen LogP contribution >= 0.6 is 27.3 Å². The van der Waals surface area contributed by atoms with Crippen LogP contribution in [0.4, 0.5) is 0 Å². The van der Waals surface area contributed by atoms with Crippen LogP contribution in [0.2, 0.25) is 0 Å². The van der Waals surface area contributed by atoms with Gasteiger partial charge < -0.3 is 0 Å². The third-order valence-electron chi connectivity index (χ3n) is 3.32. The van der Waals surface area contributed by atoms with E-state index >= 15 is 0 Å². The number of aromatic nitrogens is 1. The lowest BCUT2D eigenvalue weighted by Crippen LogP contribution is -2.29. The first-order valence-corrected chi connectivity index (χ1v) is 7.96. The maximum Gasteiger partial charge on any atom is 0.0794 e. The number of rotatable bonds is 4. The van der Waals surface area contributed by atoms with Crippen molar-refractivity contribution in [3.8, 4) is 0 Å². The number of hydrazine groups is 1. The van der Waals surface area contributed by atoms with Crippen LogP contribution in [0.25, 0.3) is 10.8 Å². The molecule has 0 aliphatic heterocycles. The van der Waals surface area contributed by atoms with Crippen molar-refractivity contribution in [3.05, 3.63) is 63.0 Å². The normalized spacial score (nSPS) is 12.7. The zero-order valence-corrected chi connectivity index (χ0v) is 13.1. The van der Waals surface area contributed by atoms with Gasteiger partial charge in [-0.05, 0) is 34.5 Å². The molecule has 3 N–H and O–H groups in total. The summed E-state index contributed by atoms with van der Waals surface area (Å²) in [6.07, 6.45) is 2.75. The Morgan fingerprint density at radius 3 is 2.75 bits per heavy atom. The van der Waals surface area contributed by atoms with Gasteiger partial charge in [-0.15, -0.1) is 11.3 Å². The first kappa shape index (κ1) is 13.7. The molecule has 0 bridgehead atoms. The van der Waals surface area contributed by atoms with Crippen molar-refractivity contribution < 1.29 is 0 Å². The Hall–Kier alpha value is -1.27. The van der Waals surface area contributed by atoms with E-state index in [1.54, 1.807) is 11.3 Å². The van der Waals surface area contributed by atoms with E-state index in [1.165, 1.54) is 21.2 Å². The molecular weight excluding hydrogens is 334 g/mol. The van der Waals surface area contributed by atoms with Crippen molar-refractivity contribution in [1.82, 2.24) is 10.4 Å². The van der Waals surface area contributed by atoms with Gasteiger partial charge in [0.05, 0.1) is 11.6 Å². The average molecular weight is 348 g/mol. The number of nitrogens with one attached hydrogen (secondary N) is 1. The van der Waals surface area contributed by atoms with Crippen molar-refractivity contribution in [3.63, 3.8) is 0 Å². The number of thiazole rings is 1. The molecule has 3 nitrogen and oxygen atoms in total. The standard InChI is InChI=1S/C15H14BrN3S/c16-13-4-3-10-5-12(2-1-11(10)6-13)15(19-17)7-14-8-18-9-20-14/h1-6,8-9,15,19H,7,17H2. The number of halogens is 1. The van der Waals surface area contributed by atoms with E-state index in [1.807, 2.05) is 11.7 Å². The van der Waals surface area contributed by atoms with Crippen molar-refractivity contribution in [1.29, 1.82) is 0 Å². The van der Waals surface area contributed by atoms with Gasteiger partial charge in [0, 0.05) is 22.0 Å². The Balaban J connectivity index is 1.93. The minimum absolute atomic E-state index is 0.100. The largest absolute Gasteiger partial charge is 0.271 e. The number of fused-ring (bicyclic) bond motifs is 1. The summed E-state index contributed by atoms with van der Waals surface area (Å²) in [5.41, 5.74) is 5.94. The summed E-state index contributed by atoms with van der Waals surface area (Å²) in [5.74, 6) is 5.72. The maximum atomic E-state index is 5.72. The van der Waals surface area contributed by atoms with E-state index in [2.05, 4.69) is 62.7 Å². The number of nitrogens with zero attached hydrogens (tertiary/aromatic N) is 1. The quantitative estimate of drug-likeness (QED) is 0.557. The van der Waals surface area contributed by atoms with Crippen molar-refractivity contribution in [2.75, 3.05) is 0 Å². The molecule has 0 aliphatic carbocycles. The van der Waals surface area contributed by atoms with Crippen LogP contribution in [-0.4, -0.2) is 4.98 Å². The molecule has 3 aromatic rings. The zero-order chi connectivity index (χ0) is 13.9. The second kappa shape index (κ2) is 6.01. The third kappa shape index (κ3) is 2.91. The fourth-order valence-electron chi connectivity index (χ4n) is 2.27. The highest BCUT2D eigenvalue weighted by Crippen LogP contribution is 2.25. The van der Waals surface area contributed by atoms with E-state index in [0.29, 0.717) is 0 Å². The van der Waals surface area contributed by atoms with Crippen molar-refractivity contribution >= 4 is 38.0 Å². The fraction of sp³-hybridized carbons (Fsp3) is 0.133. The number of benzene rings is 2.